The smallest absolute Gasteiger partial charge is 0.266 e. The Kier molecular flexibility index (Phi) is 5.05. The molecule has 0 aliphatic rings. The largest absolute Gasteiger partial charge is 0.508 e. The van der Waals surface area contributed by atoms with E-state index >= 15 is 0 Å². The molecule has 0 heterocycles. The van der Waals surface area contributed by atoms with Gasteiger partial charge in [-0.1, -0.05) is 35.3 Å². The van der Waals surface area contributed by atoms with Crippen molar-refractivity contribution in [1.82, 2.24) is 0 Å². The Hall–Kier alpha value is -2.48. The number of carbonyl (C=O) groups excluding carboxylic acids is 1. The van der Waals surface area contributed by atoms with Crippen LogP contribution in [0.15, 0.2) is 48.0 Å². The SMILES string of the molecule is N#C/C(=C\c1ccc(O)cc1)C(=O)Nc1ccc(Cl)cc1Cl. The summed E-state index contributed by atoms with van der Waals surface area (Å²) in [4.78, 5) is 12.1. The summed E-state index contributed by atoms with van der Waals surface area (Å²) in [5, 5.41) is 21.6. The van der Waals surface area contributed by atoms with Crippen molar-refractivity contribution in [3.8, 4) is 11.8 Å². The second-order valence-electron chi connectivity index (χ2n) is 4.34. The second-order valence-corrected chi connectivity index (χ2v) is 5.18. The van der Waals surface area contributed by atoms with Crippen molar-refractivity contribution in [3.05, 3.63) is 63.6 Å². The van der Waals surface area contributed by atoms with Gasteiger partial charge in [-0.15, -0.1) is 0 Å². The third kappa shape index (κ3) is 4.01. The number of hydrogen-bond acceptors (Lipinski definition) is 3. The van der Waals surface area contributed by atoms with Crippen LogP contribution in [-0.4, -0.2) is 11.0 Å². The molecule has 2 N–H and O–H groups in total. The molecule has 0 bridgehead atoms. The molecule has 1 amide bonds. The van der Waals surface area contributed by atoms with E-state index in [4.69, 9.17) is 28.5 Å². The minimum atomic E-state index is -0.584. The maximum atomic E-state index is 12.1. The Labute approximate surface area is 137 Å². The van der Waals surface area contributed by atoms with E-state index < -0.39 is 5.91 Å². The van der Waals surface area contributed by atoms with E-state index in [0.717, 1.165) is 0 Å². The zero-order chi connectivity index (χ0) is 16.1. The van der Waals surface area contributed by atoms with Crippen molar-refractivity contribution in [2.75, 3.05) is 5.32 Å². The maximum Gasteiger partial charge on any atom is 0.266 e. The summed E-state index contributed by atoms with van der Waals surface area (Å²) in [6.45, 7) is 0. The standard InChI is InChI=1S/C16H10Cl2N2O2/c17-12-3-6-15(14(18)8-12)20-16(22)11(9-19)7-10-1-4-13(21)5-2-10/h1-8,21H,(H,20,22)/b11-7+. The molecule has 0 saturated heterocycles. The van der Waals surface area contributed by atoms with Crippen molar-refractivity contribution in [2.24, 2.45) is 0 Å². The fourth-order valence-corrected chi connectivity index (χ4v) is 2.12. The number of anilines is 1. The molecule has 22 heavy (non-hydrogen) atoms. The molecule has 0 radical (unpaired) electrons. The molecule has 0 saturated carbocycles. The second kappa shape index (κ2) is 6.99. The summed E-state index contributed by atoms with van der Waals surface area (Å²) in [5.74, 6) is -0.479. The number of hydrogen-bond donors (Lipinski definition) is 2. The number of nitrogens with zero attached hydrogens (tertiary/aromatic N) is 1. The zero-order valence-electron chi connectivity index (χ0n) is 11.2. The Morgan fingerprint density at radius 3 is 2.45 bits per heavy atom. The fourth-order valence-electron chi connectivity index (χ4n) is 1.67. The number of carbonyl (C=O) groups is 1. The Morgan fingerprint density at radius 1 is 1.18 bits per heavy atom. The quantitative estimate of drug-likeness (QED) is 0.652. The third-order valence-corrected chi connectivity index (χ3v) is 3.30. The molecule has 0 spiro atoms. The lowest BCUT2D eigenvalue weighted by atomic mass is 10.1. The van der Waals surface area contributed by atoms with Crippen LogP contribution in [0.1, 0.15) is 5.56 Å². The Bertz CT molecular complexity index is 778. The van der Waals surface area contributed by atoms with E-state index in [1.807, 2.05) is 6.07 Å². The van der Waals surface area contributed by atoms with Crippen LogP contribution < -0.4 is 5.32 Å². The van der Waals surface area contributed by atoms with Crippen LogP contribution in [0.4, 0.5) is 5.69 Å². The number of amides is 1. The van der Waals surface area contributed by atoms with Gasteiger partial charge in [0.2, 0.25) is 0 Å². The summed E-state index contributed by atoms with van der Waals surface area (Å²) in [6, 6.07) is 12.6. The Morgan fingerprint density at radius 2 is 1.86 bits per heavy atom. The highest BCUT2D eigenvalue weighted by atomic mass is 35.5. The topological polar surface area (TPSA) is 73.1 Å². The lowest BCUT2D eigenvalue weighted by Gasteiger charge is -2.06. The van der Waals surface area contributed by atoms with E-state index in [1.165, 1.54) is 24.3 Å². The minimum absolute atomic E-state index is 0.0864. The first-order chi connectivity index (χ1) is 10.5. The van der Waals surface area contributed by atoms with Gasteiger partial charge in [-0.2, -0.15) is 5.26 Å². The molecule has 2 rings (SSSR count). The van der Waals surface area contributed by atoms with Gasteiger partial charge in [0.15, 0.2) is 0 Å². The van der Waals surface area contributed by atoms with E-state index in [0.29, 0.717) is 16.3 Å². The normalized spacial score (nSPS) is 10.9. The summed E-state index contributed by atoms with van der Waals surface area (Å²) < 4.78 is 0. The van der Waals surface area contributed by atoms with Crippen LogP contribution in [0.5, 0.6) is 5.75 Å². The van der Waals surface area contributed by atoms with Crippen LogP contribution >= 0.6 is 23.2 Å². The number of aromatic hydroxyl groups is 1. The van der Waals surface area contributed by atoms with E-state index in [9.17, 15) is 9.90 Å². The van der Waals surface area contributed by atoms with Gasteiger partial charge in [0.05, 0.1) is 10.7 Å². The highest BCUT2D eigenvalue weighted by molar-refractivity contribution is 6.36. The minimum Gasteiger partial charge on any atom is -0.508 e. The summed E-state index contributed by atoms with van der Waals surface area (Å²) in [7, 11) is 0. The van der Waals surface area contributed by atoms with Crippen LogP contribution in [0, 0.1) is 11.3 Å². The van der Waals surface area contributed by atoms with E-state index in [1.54, 1.807) is 24.3 Å². The van der Waals surface area contributed by atoms with Crippen molar-refractivity contribution < 1.29 is 9.90 Å². The molecular formula is C16H10Cl2N2O2. The van der Waals surface area contributed by atoms with Gasteiger partial charge in [-0.25, -0.2) is 0 Å². The third-order valence-electron chi connectivity index (χ3n) is 2.75. The lowest BCUT2D eigenvalue weighted by molar-refractivity contribution is -0.112. The number of phenols is 1. The molecule has 2 aromatic rings. The molecule has 6 heteroatoms. The molecule has 0 unspecified atom stereocenters. The van der Waals surface area contributed by atoms with Gasteiger partial charge < -0.3 is 10.4 Å². The first-order valence-electron chi connectivity index (χ1n) is 6.17. The monoisotopic (exact) mass is 332 g/mol. The average Bonchev–Trinajstić information content (AvgIpc) is 2.49. The average molecular weight is 333 g/mol. The van der Waals surface area contributed by atoms with Crippen LogP contribution in [0.25, 0.3) is 6.08 Å². The molecule has 0 atom stereocenters. The molecule has 0 fully saturated rings. The first-order valence-corrected chi connectivity index (χ1v) is 6.92. The van der Waals surface area contributed by atoms with Gasteiger partial charge in [0.1, 0.15) is 17.4 Å². The number of nitriles is 1. The van der Waals surface area contributed by atoms with Gasteiger partial charge in [-0.3, -0.25) is 4.79 Å². The summed E-state index contributed by atoms with van der Waals surface area (Å²) >= 11 is 11.8. The maximum absolute atomic E-state index is 12.1. The van der Waals surface area contributed by atoms with Gasteiger partial charge >= 0.3 is 0 Å². The number of nitrogens with one attached hydrogen (secondary N) is 1. The number of benzene rings is 2. The molecule has 0 aliphatic heterocycles. The number of rotatable bonds is 3. The molecule has 4 nitrogen and oxygen atoms in total. The van der Waals surface area contributed by atoms with Crippen LogP contribution in [-0.2, 0) is 4.79 Å². The van der Waals surface area contributed by atoms with Crippen molar-refractivity contribution >= 4 is 40.9 Å². The van der Waals surface area contributed by atoms with Gasteiger partial charge in [0.25, 0.3) is 5.91 Å². The van der Waals surface area contributed by atoms with Crippen molar-refractivity contribution in [2.45, 2.75) is 0 Å². The fraction of sp³-hybridized carbons (Fsp3) is 0. The Balaban J connectivity index is 2.22. The van der Waals surface area contributed by atoms with Crippen LogP contribution in [0.2, 0.25) is 10.0 Å². The van der Waals surface area contributed by atoms with Crippen LogP contribution in [0.3, 0.4) is 0 Å². The molecule has 0 aliphatic carbocycles. The van der Waals surface area contributed by atoms with E-state index in [-0.39, 0.29) is 16.3 Å². The zero-order valence-corrected chi connectivity index (χ0v) is 12.7. The molecule has 0 aromatic heterocycles. The number of halogens is 2. The van der Waals surface area contributed by atoms with Crippen molar-refractivity contribution in [3.63, 3.8) is 0 Å². The number of phenolic OH excluding ortho intramolecular Hbond substituents is 1. The highest BCUT2D eigenvalue weighted by Gasteiger charge is 2.11. The molecule has 110 valence electrons. The lowest BCUT2D eigenvalue weighted by Crippen LogP contribution is -2.13. The van der Waals surface area contributed by atoms with E-state index in [2.05, 4.69) is 5.32 Å². The van der Waals surface area contributed by atoms with Gasteiger partial charge in [-0.05, 0) is 42.0 Å². The summed E-state index contributed by atoms with van der Waals surface area (Å²) in [6.07, 6.45) is 1.42. The molecule has 2 aromatic carbocycles. The predicted octanol–water partition coefficient (Wildman–Crippen LogP) is 4.24. The van der Waals surface area contributed by atoms with Gasteiger partial charge in [0, 0.05) is 5.02 Å². The molecular weight excluding hydrogens is 323 g/mol. The van der Waals surface area contributed by atoms with Crippen molar-refractivity contribution in [1.29, 1.82) is 5.26 Å². The first kappa shape index (κ1) is 15.9. The highest BCUT2D eigenvalue weighted by Crippen LogP contribution is 2.25. The summed E-state index contributed by atoms with van der Waals surface area (Å²) in [5.41, 5.74) is 0.895. The predicted molar refractivity (Wildman–Crippen MR) is 86.8 cm³/mol.